The van der Waals surface area contributed by atoms with Crippen molar-refractivity contribution in [2.45, 2.75) is 11.4 Å². The zero-order chi connectivity index (χ0) is 20.9. The van der Waals surface area contributed by atoms with E-state index < -0.39 is 21.7 Å². The van der Waals surface area contributed by atoms with E-state index in [-0.39, 0.29) is 21.9 Å². The van der Waals surface area contributed by atoms with Crippen LogP contribution < -0.4 is 14.8 Å². The van der Waals surface area contributed by atoms with Gasteiger partial charge in [-0.05, 0) is 29.8 Å². The molecule has 6 nitrogen and oxygen atoms in total. The molecule has 3 aromatic carbocycles. The van der Waals surface area contributed by atoms with Gasteiger partial charge in [-0.1, -0.05) is 42.5 Å². The summed E-state index contributed by atoms with van der Waals surface area (Å²) >= 11 is 0. The van der Waals surface area contributed by atoms with Crippen LogP contribution in [0.3, 0.4) is 0 Å². The Hall–Kier alpha value is -3.39. The van der Waals surface area contributed by atoms with Gasteiger partial charge in [0.05, 0.1) is 23.3 Å². The Bertz CT molecular complexity index is 1120. The fourth-order valence-electron chi connectivity index (χ4n) is 2.65. The number of rotatable bonds is 7. The van der Waals surface area contributed by atoms with Crippen LogP contribution in [0.15, 0.2) is 77.7 Å². The number of hydrogen-bond donors (Lipinski definition) is 2. The zero-order valence-electron chi connectivity index (χ0n) is 15.6. The predicted octanol–water partition coefficient (Wildman–Crippen LogP) is 3.57. The first-order valence-electron chi connectivity index (χ1n) is 8.68. The third kappa shape index (κ3) is 4.91. The van der Waals surface area contributed by atoms with E-state index in [9.17, 15) is 17.6 Å². The Morgan fingerprint density at radius 2 is 1.69 bits per heavy atom. The second-order valence-corrected chi connectivity index (χ2v) is 7.80. The van der Waals surface area contributed by atoms with Gasteiger partial charge in [-0.3, -0.25) is 9.52 Å². The predicted molar refractivity (Wildman–Crippen MR) is 108 cm³/mol. The lowest BCUT2D eigenvalue weighted by Gasteiger charge is -2.13. The molecule has 0 aromatic heterocycles. The summed E-state index contributed by atoms with van der Waals surface area (Å²) in [5, 5.41) is 2.76. The van der Waals surface area contributed by atoms with Crippen LogP contribution in [0, 0.1) is 5.82 Å². The van der Waals surface area contributed by atoms with Crippen molar-refractivity contribution in [1.82, 2.24) is 5.32 Å². The van der Waals surface area contributed by atoms with Gasteiger partial charge in [0.2, 0.25) is 0 Å². The van der Waals surface area contributed by atoms with Crippen LogP contribution in [0.4, 0.5) is 10.1 Å². The van der Waals surface area contributed by atoms with Crippen LogP contribution in [-0.4, -0.2) is 21.4 Å². The molecule has 0 unspecified atom stereocenters. The number of benzene rings is 3. The smallest absolute Gasteiger partial charge is 0.262 e. The number of ether oxygens (including phenoxy) is 1. The number of para-hydroxylation sites is 1. The van der Waals surface area contributed by atoms with Crippen LogP contribution in [-0.2, 0) is 16.6 Å². The summed E-state index contributed by atoms with van der Waals surface area (Å²) in [4.78, 5) is 12.4. The maximum absolute atomic E-state index is 13.6. The van der Waals surface area contributed by atoms with Crippen molar-refractivity contribution in [3.63, 3.8) is 0 Å². The molecule has 0 aliphatic rings. The largest absolute Gasteiger partial charge is 0.494 e. The zero-order valence-corrected chi connectivity index (χ0v) is 16.4. The molecule has 0 bridgehead atoms. The Morgan fingerprint density at radius 1 is 1.00 bits per heavy atom. The molecule has 2 N–H and O–H groups in total. The highest BCUT2D eigenvalue weighted by Crippen LogP contribution is 2.24. The Kier molecular flexibility index (Phi) is 6.13. The molecule has 3 rings (SSSR count). The molecule has 0 radical (unpaired) electrons. The number of carbonyl (C=O) groups is 1. The molecule has 1 amide bonds. The summed E-state index contributed by atoms with van der Waals surface area (Å²) in [6.45, 7) is 0.302. The molecule has 0 spiro atoms. The minimum absolute atomic E-state index is 0.112. The summed E-state index contributed by atoms with van der Waals surface area (Å²) in [6, 6.07) is 18.8. The molecule has 29 heavy (non-hydrogen) atoms. The van der Waals surface area contributed by atoms with Crippen molar-refractivity contribution in [3.05, 3.63) is 89.7 Å². The highest BCUT2D eigenvalue weighted by molar-refractivity contribution is 7.92. The number of sulfonamides is 1. The molecule has 0 saturated heterocycles. The molecular formula is C21H19FN2O4S. The molecule has 0 heterocycles. The summed E-state index contributed by atoms with van der Waals surface area (Å²) in [6.07, 6.45) is 0. The first-order valence-corrected chi connectivity index (χ1v) is 10.2. The van der Waals surface area contributed by atoms with Crippen molar-refractivity contribution in [2.24, 2.45) is 0 Å². The Balaban J connectivity index is 1.82. The number of carbonyl (C=O) groups excluding carboxylic acids is 1. The highest BCUT2D eigenvalue weighted by Gasteiger charge is 2.20. The number of methoxy groups -OCH3 is 1. The molecule has 3 aromatic rings. The summed E-state index contributed by atoms with van der Waals surface area (Å²) < 4.78 is 46.2. The van der Waals surface area contributed by atoms with Crippen molar-refractivity contribution >= 4 is 21.6 Å². The van der Waals surface area contributed by atoms with Crippen LogP contribution >= 0.6 is 0 Å². The van der Waals surface area contributed by atoms with E-state index in [0.29, 0.717) is 6.54 Å². The van der Waals surface area contributed by atoms with Crippen molar-refractivity contribution < 1.29 is 22.3 Å². The fraction of sp³-hybridized carbons (Fsp3) is 0.0952. The van der Waals surface area contributed by atoms with E-state index in [0.717, 1.165) is 23.8 Å². The summed E-state index contributed by atoms with van der Waals surface area (Å²) in [5.74, 6) is -1.29. The number of anilines is 1. The fourth-order valence-corrected chi connectivity index (χ4v) is 3.75. The van der Waals surface area contributed by atoms with Gasteiger partial charge in [-0.15, -0.1) is 0 Å². The van der Waals surface area contributed by atoms with Gasteiger partial charge in [-0.2, -0.15) is 0 Å². The molecule has 0 aliphatic heterocycles. The van der Waals surface area contributed by atoms with Crippen LogP contribution in [0.5, 0.6) is 5.75 Å². The minimum Gasteiger partial charge on any atom is -0.494 e. The van der Waals surface area contributed by atoms with Crippen molar-refractivity contribution in [2.75, 3.05) is 11.8 Å². The molecule has 150 valence electrons. The second-order valence-electron chi connectivity index (χ2n) is 6.12. The first kappa shape index (κ1) is 20.3. The van der Waals surface area contributed by atoms with Gasteiger partial charge in [0.25, 0.3) is 15.9 Å². The number of hydrogen-bond acceptors (Lipinski definition) is 4. The number of halogens is 1. The van der Waals surface area contributed by atoms with E-state index in [2.05, 4.69) is 10.0 Å². The van der Waals surface area contributed by atoms with Gasteiger partial charge >= 0.3 is 0 Å². The van der Waals surface area contributed by atoms with Gasteiger partial charge in [0.15, 0.2) is 11.6 Å². The average Bonchev–Trinajstić information content (AvgIpc) is 2.73. The van der Waals surface area contributed by atoms with E-state index in [1.54, 1.807) is 12.1 Å². The summed E-state index contributed by atoms with van der Waals surface area (Å²) in [5.41, 5.74) is 1.19. The van der Waals surface area contributed by atoms with E-state index in [1.165, 1.54) is 19.2 Å². The lowest BCUT2D eigenvalue weighted by atomic mass is 10.1. The Morgan fingerprint density at radius 3 is 2.41 bits per heavy atom. The van der Waals surface area contributed by atoms with Crippen LogP contribution in [0.25, 0.3) is 0 Å². The van der Waals surface area contributed by atoms with E-state index >= 15 is 0 Å². The quantitative estimate of drug-likeness (QED) is 0.619. The maximum Gasteiger partial charge on any atom is 0.262 e. The molecular weight excluding hydrogens is 395 g/mol. The summed E-state index contributed by atoms with van der Waals surface area (Å²) in [7, 11) is -2.82. The van der Waals surface area contributed by atoms with Gasteiger partial charge in [-0.25, -0.2) is 12.8 Å². The third-order valence-electron chi connectivity index (χ3n) is 4.14. The van der Waals surface area contributed by atoms with Crippen LogP contribution in [0.1, 0.15) is 15.9 Å². The van der Waals surface area contributed by atoms with Crippen molar-refractivity contribution in [3.8, 4) is 5.75 Å². The van der Waals surface area contributed by atoms with Gasteiger partial charge in [0.1, 0.15) is 0 Å². The lowest BCUT2D eigenvalue weighted by Crippen LogP contribution is -2.25. The molecule has 0 atom stereocenters. The standard InChI is InChI=1S/C21H19FN2O4S/c1-28-20-13-16(11-12-18(20)22)29(26,27)24-19-10-6-5-9-17(19)21(25)23-14-15-7-3-2-4-8-15/h2-13,24H,14H2,1H3,(H,23,25). The SMILES string of the molecule is COc1cc(S(=O)(=O)Nc2ccccc2C(=O)NCc2ccccc2)ccc1F. The second kappa shape index (κ2) is 8.74. The van der Waals surface area contributed by atoms with Crippen molar-refractivity contribution in [1.29, 1.82) is 0 Å². The van der Waals surface area contributed by atoms with E-state index in [1.807, 2.05) is 30.3 Å². The number of nitrogens with one attached hydrogen (secondary N) is 2. The topological polar surface area (TPSA) is 84.5 Å². The third-order valence-corrected chi connectivity index (χ3v) is 5.51. The molecule has 0 fully saturated rings. The average molecular weight is 414 g/mol. The molecule has 0 saturated carbocycles. The highest BCUT2D eigenvalue weighted by atomic mass is 32.2. The first-order chi connectivity index (χ1) is 13.9. The maximum atomic E-state index is 13.6. The Labute approximate surface area is 168 Å². The normalized spacial score (nSPS) is 11.0. The molecule has 8 heteroatoms. The van der Waals surface area contributed by atoms with Gasteiger partial charge < -0.3 is 10.1 Å². The lowest BCUT2D eigenvalue weighted by molar-refractivity contribution is 0.0952. The van der Waals surface area contributed by atoms with Gasteiger partial charge in [0, 0.05) is 12.6 Å². The molecule has 0 aliphatic carbocycles. The van der Waals surface area contributed by atoms with Crippen LogP contribution in [0.2, 0.25) is 0 Å². The number of amides is 1. The monoisotopic (exact) mass is 414 g/mol. The van der Waals surface area contributed by atoms with E-state index in [4.69, 9.17) is 4.74 Å². The minimum atomic E-state index is -4.06.